The van der Waals surface area contributed by atoms with Crippen molar-refractivity contribution in [3.05, 3.63) is 57.0 Å². The highest BCUT2D eigenvalue weighted by atomic mass is 79.9. The molecular formula is C21H23BrClN3O4. The van der Waals surface area contributed by atoms with Crippen LogP contribution in [0.3, 0.4) is 0 Å². The smallest absolute Gasteiger partial charge is 0.254 e. The van der Waals surface area contributed by atoms with Crippen LogP contribution in [0.5, 0.6) is 11.5 Å². The van der Waals surface area contributed by atoms with Crippen LogP contribution in [0.2, 0.25) is 5.02 Å². The molecule has 160 valence electrons. The van der Waals surface area contributed by atoms with E-state index in [9.17, 15) is 4.79 Å². The first-order valence-corrected chi connectivity index (χ1v) is 10.6. The van der Waals surface area contributed by atoms with Crippen LogP contribution in [0.4, 0.5) is 0 Å². The van der Waals surface area contributed by atoms with Crippen molar-refractivity contribution in [2.75, 3.05) is 40.0 Å². The summed E-state index contributed by atoms with van der Waals surface area (Å²) in [6, 6.07) is 11.1. The Labute approximate surface area is 189 Å². The number of nitrogens with zero attached hydrogens (tertiary/aromatic N) is 2. The molecule has 0 bridgehead atoms. The first-order chi connectivity index (χ1) is 14.5. The van der Waals surface area contributed by atoms with Crippen molar-refractivity contribution in [3.63, 3.8) is 0 Å². The number of hydrogen-bond donors (Lipinski definition) is 1. The molecule has 1 aliphatic rings. The fourth-order valence-corrected chi connectivity index (χ4v) is 3.39. The van der Waals surface area contributed by atoms with Crippen LogP contribution in [0.25, 0.3) is 0 Å². The zero-order valence-electron chi connectivity index (χ0n) is 16.6. The van der Waals surface area contributed by atoms with Crippen LogP contribution in [0.1, 0.15) is 11.1 Å². The normalized spacial score (nSPS) is 14.6. The summed E-state index contributed by atoms with van der Waals surface area (Å²) in [5.74, 6) is 0.986. The predicted molar refractivity (Wildman–Crippen MR) is 119 cm³/mol. The topological polar surface area (TPSA) is 72.4 Å². The molecule has 1 N–H and O–H groups in total. The van der Waals surface area contributed by atoms with Crippen LogP contribution in [0, 0.1) is 0 Å². The lowest BCUT2D eigenvalue weighted by Gasteiger charge is -2.25. The van der Waals surface area contributed by atoms with E-state index in [4.69, 9.17) is 25.8 Å². The van der Waals surface area contributed by atoms with Gasteiger partial charge in [0.1, 0.15) is 6.61 Å². The third kappa shape index (κ3) is 6.70. The lowest BCUT2D eigenvalue weighted by molar-refractivity contribution is -0.123. The molecule has 0 aromatic heterocycles. The predicted octanol–water partition coefficient (Wildman–Crippen LogP) is 3.47. The maximum atomic E-state index is 12.0. The Bertz CT molecular complexity index is 887. The fourth-order valence-electron chi connectivity index (χ4n) is 2.84. The number of amides is 1. The van der Waals surface area contributed by atoms with Crippen LogP contribution < -0.4 is 14.9 Å². The third-order valence-electron chi connectivity index (χ3n) is 4.45. The van der Waals surface area contributed by atoms with E-state index in [2.05, 4.69) is 26.5 Å². The van der Waals surface area contributed by atoms with Gasteiger partial charge in [0.15, 0.2) is 11.5 Å². The lowest BCUT2D eigenvalue weighted by Crippen LogP contribution is -2.42. The van der Waals surface area contributed by atoms with Gasteiger partial charge < -0.3 is 14.2 Å². The molecule has 0 unspecified atom stereocenters. The van der Waals surface area contributed by atoms with E-state index in [1.807, 2.05) is 35.2 Å². The first kappa shape index (κ1) is 22.6. The van der Waals surface area contributed by atoms with E-state index in [1.54, 1.807) is 19.4 Å². The molecule has 1 fully saturated rings. The van der Waals surface area contributed by atoms with Crippen LogP contribution in [-0.2, 0) is 16.1 Å². The summed E-state index contributed by atoms with van der Waals surface area (Å²) in [6.45, 7) is 3.47. The fraction of sp³-hybridized carbons (Fsp3) is 0.333. The van der Waals surface area contributed by atoms with E-state index in [0.29, 0.717) is 42.9 Å². The minimum atomic E-state index is -0.167. The molecule has 1 heterocycles. The number of rotatable bonds is 8. The van der Waals surface area contributed by atoms with Gasteiger partial charge in [0.05, 0.1) is 33.1 Å². The number of carbonyl (C=O) groups excluding carboxylic acids is 1. The molecule has 30 heavy (non-hydrogen) atoms. The zero-order chi connectivity index (χ0) is 21.3. The van der Waals surface area contributed by atoms with Crippen molar-refractivity contribution >= 4 is 39.7 Å². The number of benzene rings is 2. The standard InChI is InChI=1S/C21H23BrClN3O4/c1-28-19-10-16(12-24-25-21(27)13-26-6-8-29-9-7-26)18(22)11-20(19)30-14-15-2-4-17(23)5-3-15/h2-5,10-12H,6-9,13-14H2,1H3,(H,25,27)/b24-12+. The van der Waals surface area contributed by atoms with Crippen LogP contribution in [-0.4, -0.2) is 57.0 Å². The van der Waals surface area contributed by atoms with Gasteiger partial charge in [-0.3, -0.25) is 9.69 Å². The van der Waals surface area contributed by atoms with Gasteiger partial charge >= 0.3 is 0 Å². The molecule has 0 aliphatic carbocycles. The minimum absolute atomic E-state index is 0.167. The Morgan fingerprint density at radius 2 is 2.00 bits per heavy atom. The average molecular weight is 497 g/mol. The van der Waals surface area contributed by atoms with E-state index >= 15 is 0 Å². The maximum absolute atomic E-state index is 12.0. The summed E-state index contributed by atoms with van der Waals surface area (Å²) in [5.41, 5.74) is 4.29. The third-order valence-corrected chi connectivity index (χ3v) is 5.39. The van der Waals surface area contributed by atoms with Crippen molar-refractivity contribution in [3.8, 4) is 11.5 Å². The molecule has 7 nitrogen and oxygen atoms in total. The molecule has 0 radical (unpaired) electrons. The highest BCUT2D eigenvalue weighted by Crippen LogP contribution is 2.33. The monoisotopic (exact) mass is 495 g/mol. The second-order valence-corrected chi connectivity index (χ2v) is 7.91. The number of hydrazone groups is 1. The van der Waals surface area contributed by atoms with Crippen molar-refractivity contribution < 1.29 is 19.0 Å². The van der Waals surface area contributed by atoms with Crippen molar-refractivity contribution in [1.29, 1.82) is 0 Å². The second kappa shape index (κ2) is 11.3. The van der Waals surface area contributed by atoms with Gasteiger partial charge in [-0.05, 0) is 45.8 Å². The molecule has 0 atom stereocenters. The minimum Gasteiger partial charge on any atom is -0.493 e. The molecule has 9 heteroatoms. The number of morpholine rings is 1. The van der Waals surface area contributed by atoms with Crippen molar-refractivity contribution in [1.82, 2.24) is 10.3 Å². The highest BCUT2D eigenvalue weighted by molar-refractivity contribution is 9.10. The summed E-state index contributed by atoms with van der Waals surface area (Å²) >= 11 is 9.43. The Morgan fingerprint density at radius 3 is 2.70 bits per heavy atom. The van der Waals surface area contributed by atoms with Gasteiger partial charge in [-0.2, -0.15) is 5.10 Å². The number of carbonyl (C=O) groups is 1. The second-order valence-electron chi connectivity index (χ2n) is 6.62. The van der Waals surface area contributed by atoms with Gasteiger partial charge in [-0.1, -0.05) is 23.7 Å². The number of halogens is 2. The van der Waals surface area contributed by atoms with Crippen molar-refractivity contribution in [2.45, 2.75) is 6.61 Å². The molecule has 1 aliphatic heterocycles. The van der Waals surface area contributed by atoms with Crippen molar-refractivity contribution in [2.24, 2.45) is 5.10 Å². The largest absolute Gasteiger partial charge is 0.493 e. The molecule has 1 saturated heterocycles. The molecule has 2 aromatic carbocycles. The van der Waals surface area contributed by atoms with E-state index in [-0.39, 0.29) is 5.91 Å². The summed E-state index contributed by atoms with van der Waals surface area (Å²) in [6.07, 6.45) is 1.56. The van der Waals surface area contributed by atoms with Gasteiger partial charge in [0, 0.05) is 28.1 Å². The number of hydrogen-bond acceptors (Lipinski definition) is 6. The molecule has 3 rings (SSSR count). The molecule has 0 saturated carbocycles. The summed E-state index contributed by atoms with van der Waals surface area (Å²) in [7, 11) is 1.57. The van der Waals surface area contributed by atoms with Gasteiger partial charge in [0.2, 0.25) is 0 Å². The quantitative estimate of drug-likeness (QED) is 0.448. The number of ether oxygens (including phenoxy) is 3. The number of nitrogens with one attached hydrogen (secondary N) is 1. The molecule has 2 aromatic rings. The highest BCUT2D eigenvalue weighted by Gasteiger charge is 2.14. The summed E-state index contributed by atoms with van der Waals surface area (Å²) in [5, 5.41) is 4.73. The Morgan fingerprint density at radius 1 is 1.27 bits per heavy atom. The molecular weight excluding hydrogens is 474 g/mol. The number of methoxy groups -OCH3 is 1. The maximum Gasteiger partial charge on any atom is 0.254 e. The van der Waals surface area contributed by atoms with E-state index in [1.165, 1.54) is 0 Å². The van der Waals surface area contributed by atoms with Gasteiger partial charge in [0.25, 0.3) is 5.91 Å². The van der Waals surface area contributed by atoms with Gasteiger partial charge in [-0.25, -0.2) is 5.43 Å². The Hall–Kier alpha value is -2.13. The summed E-state index contributed by atoms with van der Waals surface area (Å²) < 4.78 is 17.4. The SMILES string of the molecule is COc1cc(/C=N/NC(=O)CN2CCOCC2)c(Br)cc1OCc1ccc(Cl)cc1. The molecule has 1 amide bonds. The zero-order valence-corrected chi connectivity index (χ0v) is 18.9. The van der Waals surface area contributed by atoms with E-state index in [0.717, 1.165) is 28.7 Å². The van der Waals surface area contributed by atoms with Crippen LogP contribution in [0.15, 0.2) is 46.0 Å². The van der Waals surface area contributed by atoms with Crippen LogP contribution >= 0.6 is 27.5 Å². The Kier molecular flexibility index (Phi) is 8.50. The Balaban J connectivity index is 1.59. The van der Waals surface area contributed by atoms with E-state index < -0.39 is 0 Å². The first-order valence-electron chi connectivity index (χ1n) is 9.42. The lowest BCUT2D eigenvalue weighted by atomic mass is 10.2. The molecule has 0 spiro atoms. The average Bonchev–Trinajstić information content (AvgIpc) is 2.75. The van der Waals surface area contributed by atoms with Gasteiger partial charge in [-0.15, -0.1) is 0 Å². The summed E-state index contributed by atoms with van der Waals surface area (Å²) in [4.78, 5) is 14.1.